The van der Waals surface area contributed by atoms with Crippen LogP contribution in [0.2, 0.25) is 0 Å². The Labute approximate surface area is 80.7 Å². The zero-order chi connectivity index (χ0) is 9.31. The molecule has 1 aliphatic heterocycles. The molecule has 0 amide bonds. The van der Waals surface area contributed by atoms with Crippen LogP contribution in [0.25, 0.3) is 0 Å². The second-order valence-corrected chi connectivity index (χ2v) is 4.93. The summed E-state index contributed by atoms with van der Waals surface area (Å²) in [6, 6.07) is 0. The Hall–Kier alpha value is -0.0800. The van der Waals surface area contributed by atoms with Gasteiger partial charge in [-0.3, -0.25) is 0 Å². The van der Waals surface area contributed by atoms with E-state index in [0.717, 1.165) is 12.5 Å². The molecule has 1 atom stereocenters. The number of rotatable bonds is 1. The van der Waals surface area contributed by atoms with Gasteiger partial charge in [0.1, 0.15) is 0 Å². The smallest absolute Gasteiger partial charge is 0.0477 e. The van der Waals surface area contributed by atoms with Gasteiger partial charge in [-0.05, 0) is 44.6 Å². The zero-order valence-electron chi connectivity index (χ0n) is 8.55. The number of aliphatic hydroxyl groups is 1. The van der Waals surface area contributed by atoms with E-state index >= 15 is 0 Å². The highest BCUT2D eigenvalue weighted by molar-refractivity contribution is 5.01. The van der Waals surface area contributed by atoms with Gasteiger partial charge in [0.25, 0.3) is 0 Å². The maximum atomic E-state index is 9.31. The summed E-state index contributed by atoms with van der Waals surface area (Å²) in [7, 11) is 0. The lowest BCUT2D eigenvalue weighted by Gasteiger charge is -2.40. The van der Waals surface area contributed by atoms with Crippen LogP contribution in [-0.4, -0.2) is 23.8 Å². The fourth-order valence-electron chi connectivity index (χ4n) is 3.04. The topological polar surface area (TPSA) is 32.3 Å². The first-order valence-corrected chi connectivity index (χ1v) is 5.63. The minimum atomic E-state index is 0.321. The highest BCUT2D eigenvalue weighted by atomic mass is 16.3. The second-order valence-electron chi connectivity index (χ2n) is 4.93. The second kappa shape index (κ2) is 3.58. The van der Waals surface area contributed by atoms with Crippen molar-refractivity contribution in [1.82, 2.24) is 5.32 Å². The quantitative estimate of drug-likeness (QED) is 0.646. The molecule has 1 saturated carbocycles. The fourth-order valence-corrected chi connectivity index (χ4v) is 3.04. The van der Waals surface area contributed by atoms with Crippen molar-refractivity contribution in [2.45, 2.75) is 44.6 Å². The number of aliphatic hydroxyl groups excluding tert-OH is 1. The lowest BCUT2D eigenvalue weighted by molar-refractivity contribution is 0.113. The molecule has 76 valence electrons. The van der Waals surface area contributed by atoms with Gasteiger partial charge in [-0.1, -0.05) is 6.92 Å². The van der Waals surface area contributed by atoms with E-state index in [2.05, 4.69) is 12.2 Å². The monoisotopic (exact) mass is 183 g/mol. The van der Waals surface area contributed by atoms with E-state index in [1.165, 1.54) is 32.1 Å². The molecule has 1 saturated heterocycles. The molecule has 2 fully saturated rings. The van der Waals surface area contributed by atoms with E-state index in [-0.39, 0.29) is 0 Å². The predicted molar refractivity (Wildman–Crippen MR) is 53.6 cm³/mol. The summed E-state index contributed by atoms with van der Waals surface area (Å²) in [6.07, 6.45) is 6.40. The first kappa shape index (κ1) is 9.47. The van der Waals surface area contributed by atoms with E-state index in [0.29, 0.717) is 18.1 Å². The van der Waals surface area contributed by atoms with E-state index in [1.807, 2.05) is 0 Å². The van der Waals surface area contributed by atoms with E-state index in [9.17, 15) is 5.11 Å². The van der Waals surface area contributed by atoms with E-state index in [1.54, 1.807) is 0 Å². The van der Waals surface area contributed by atoms with Crippen LogP contribution in [0.5, 0.6) is 0 Å². The van der Waals surface area contributed by atoms with Gasteiger partial charge in [0.15, 0.2) is 0 Å². The van der Waals surface area contributed by atoms with Crippen LogP contribution in [0.1, 0.15) is 39.0 Å². The SMILES string of the molecule is CC1CCC2(CC1)NCCC2CO. The first-order valence-electron chi connectivity index (χ1n) is 5.63. The standard InChI is InChI=1S/C11H21NO/c1-9-2-5-11(6-3-9)10(8-13)4-7-12-11/h9-10,12-13H,2-8H2,1H3. The summed E-state index contributed by atoms with van der Waals surface area (Å²) in [5.74, 6) is 1.42. The summed E-state index contributed by atoms with van der Waals surface area (Å²) in [5, 5.41) is 12.9. The molecule has 0 aromatic carbocycles. The van der Waals surface area contributed by atoms with Gasteiger partial charge in [-0.25, -0.2) is 0 Å². The molecule has 1 aliphatic carbocycles. The largest absolute Gasteiger partial charge is 0.396 e. The van der Waals surface area contributed by atoms with Crippen LogP contribution in [0.4, 0.5) is 0 Å². The predicted octanol–water partition coefficient (Wildman–Crippen LogP) is 1.54. The third-order valence-corrected chi connectivity index (χ3v) is 4.14. The molecule has 1 spiro atoms. The summed E-state index contributed by atoms with van der Waals surface area (Å²) >= 11 is 0. The maximum absolute atomic E-state index is 9.31. The van der Waals surface area contributed by atoms with E-state index in [4.69, 9.17) is 0 Å². The molecule has 13 heavy (non-hydrogen) atoms. The van der Waals surface area contributed by atoms with Crippen LogP contribution >= 0.6 is 0 Å². The maximum Gasteiger partial charge on any atom is 0.0477 e. The summed E-state index contributed by atoms with van der Waals surface area (Å²) < 4.78 is 0. The minimum Gasteiger partial charge on any atom is -0.396 e. The van der Waals surface area contributed by atoms with Crippen molar-refractivity contribution in [3.05, 3.63) is 0 Å². The van der Waals surface area contributed by atoms with Crippen molar-refractivity contribution < 1.29 is 5.11 Å². The molecule has 2 heteroatoms. The lowest BCUT2D eigenvalue weighted by atomic mass is 9.71. The van der Waals surface area contributed by atoms with Crippen molar-refractivity contribution in [3.63, 3.8) is 0 Å². The third-order valence-electron chi connectivity index (χ3n) is 4.14. The molecular weight excluding hydrogens is 162 g/mol. The van der Waals surface area contributed by atoms with Crippen molar-refractivity contribution >= 4 is 0 Å². The molecule has 2 nitrogen and oxygen atoms in total. The summed E-state index contributed by atoms with van der Waals surface area (Å²) in [4.78, 5) is 0. The van der Waals surface area contributed by atoms with Gasteiger partial charge >= 0.3 is 0 Å². The van der Waals surface area contributed by atoms with Gasteiger partial charge in [0.2, 0.25) is 0 Å². The Morgan fingerprint density at radius 2 is 2.00 bits per heavy atom. The van der Waals surface area contributed by atoms with Crippen LogP contribution < -0.4 is 5.32 Å². The van der Waals surface area contributed by atoms with Crippen LogP contribution in [-0.2, 0) is 0 Å². The molecule has 2 N–H and O–H groups in total. The normalized spacial score (nSPS) is 45.7. The van der Waals surface area contributed by atoms with Crippen molar-refractivity contribution in [2.75, 3.05) is 13.2 Å². The Kier molecular flexibility index (Phi) is 2.61. The molecule has 2 rings (SSSR count). The van der Waals surface area contributed by atoms with Crippen molar-refractivity contribution in [3.8, 4) is 0 Å². The van der Waals surface area contributed by atoms with Crippen LogP contribution in [0.15, 0.2) is 0 Å². The lowest BCUT2D eigenvalue weighted by Crippen LogP contribution is -2.48. The molecular formula is C11H21NO. The van der Waals surface area contributed by atoms with Gasteiger partial charge in [0, 0.05) is 18.1 Å². The minimum absolute atomic E-state index is 0.321. The Morgan fingerprint density at radius 1 is 1.31 bits per heavy atom. The molecule has 1 heterocycles. The Morgan fingerprint density at radius 3 is 2.62 bits per heavy atom. The van der Waals surface area contributed by atoms with Gasteiger partial charge in [0.05, 0.1) is 0 Å². The number of hydrogen-bond donors (Lipinski definition) is 2. The zero-order valence-corrected chi connectivity index (χ0v) is 8.55. The van der Waals surface area contributed by atoms with Gasteiger partial charge < -0.3 is 10.4 Å². The van der Waals surface area contributed by atoms with Gasteiger partial charge in [-0.2, -0.15) is 0 Å². The Balaban J connectivity index is 2.02. The average molecular weight is 183 g/mol. The molecule has 2 aliphatic rings. The third kappa shape index (κ3) is 1.62. The molecule has 1 unspecified atom stereocenters. The Bertz CT molecular complexity index is 173. The first-order chi connectivity index (χ1) is 6.27. The summed E-state index contributed by atoms with van der Waals surface area (Å²) in [6.45, 7) is 3.83. The van der Waals surface area contributed by atoms with Crippen LogP contribution in [0.3, 0.4) is 0 Å². The number of nitrogens with one attached hydrogen (secondary N) is 1. The highest BCUT2D eigenvalue weighted by Gasteiger charge is 2.43. The molecule has 0 radical (unpaired) electrons. The molecule has 0 aromatic heterocycles. The van der Waals surface area contributed by atoms with E-state index < -0.39 is 0 Å². The average Bonchev–Trinajstić information content (AvgIpc) is 2.54. The van der Waals surface area contributed by atoms with Gasteiger partial charge in [-0.15, -0.1) is 0 Å². The van der Waals surface area contributed by atoms with Crippen molar-refractivity contribution in [2.24, 2.45) is 11.8 Å². The van der Waals surface area contributed by atoms with Crippen LogP contribution in [0, 0.1) is 11.8 Å². The molecule has 0 aromatic rings. The summed E-state index contributed by atoms with van der Waals surface area (Å²) in [5.41, 5.74) is 0.321. The molecule has 0 bridgehead atoms. The fraction of sp³-hybridized carbons (Fsp3) is 1.00. The number of hydrogen-bond acceptors (Lipinski definition) is 2. The van der Waals surface area contributed by atoms with Crippen molar-refractivity contribution in [1.29, 1.82) is 0 Å². The highest BCUT2D eigenvalue weighted by Crippen LogP contribution is 2.40.